The fraction of sp³-hybridized carbons (Fsp3) is 0.263. The van der Waals surface area contributed by atoms with Gasteiger partial charge in [0.15, 0.2) is 0 Å². The first kappa shape index (κ1) is 19.9. The van der Waals surface area contributed by atoms with Crippen LogP contribution in [0.2, 0.25) is 0 Å². The van der Waals surface area contributed by atoms with E-state index in [9.17, 15) is 23.1 Å². The Morgan fingerprint density at radius 2 is 2.14 bits per heavy atom. The molecule has 0 radical (unpaired) electrons. The lowest BCUT2D eigenvalue weighted by Gasteiger charge is -2.19. The smallest absolute Gasteiger partial charge is 0.303 e. The van der Waals surface area contributed by atoms with Gasteiger partial charge in [-0.15, -0.1) is 0 Å². The van der Waals surface area contributed by atoms with Gasteiger partial charge in [0, 0.05) is 36.3 Å². The third-order valence-corrected chi connectivity index (χ3v) is 4.79. The van der Waals surface area contributed by atoms with Crippen molar-refractivity contribution < 1.29 is 32.5 Å². The number of aliphatic hydroxyl groups excluding tert-OH is 1. The van der Waals surface area contributed by atoms with Crippen molar-refractivity contribution in [2.24, 2.45) is 0 Å². The van der Waals surface area contributed by atoms with Crippen molar-refractivity contribution in [3.63, 3.8) is 0 Å². The maximum atomic E-state index is 13.7. The normalized spacial score (nSPS) is 18.8. The standard InChI is InChI=1S/C19H16FNO6S/c1-10(22)26-17-7-15(23)19-16(3-2-12(18(17)19)9-28(24)25)27-14-5-11(8-21)4-13(20)6-14/h2-6,15,17,23H,7,9H2,1H3,(H,24,25)/p-1/t15?,17-/m1/s1. The molecule has 2 unspecified atom stereocenters. The molecule has 0 aromatic heterocycles. The summed E-state index contributed by atoms with van der Waals surface area (Å²) in [6.07, 6.45) is -1.86. The van der Waals surface area contributed by atoms with Crippen LogP contribution in [0.1, 0.15) is 47.8 Å². The first-order valence-corrected chi connectivity index (χ1v) is 9.48. The number of ether oxygens (including phenoxy) is 2. The summed E-state index contributed by atoms with van der Waals surface area (Å²) >= 11 is -2.40. The van der Waals surface area contributed by atoms with Crippen molar-refractivity contribution in [3.05, 3.63) is 58.4 Å². The molecule has 1 N–H and O–H groups in total. The Labute approximate surface area is 162 Å². The van der Waals surface area contributed by atoms with Gasteiger partial charge in [0.2, 0.25) is 0 Å². The molecule has 0 aliphatic heterocycles. The van der Waals surface area contributed by atoms with Crippen molar-refractivity contribution in [3.8, 4) is 17.6 Å². The van der Waals surface area contributed by atoms with E-state index in [4.69, 9.17) is 14.7 Å². The highest BCUT2D eigenvalue weighted by Crippen LogP contribution is 2.48. The van der Waals surface area contributed by atoms with Gasteiger partial charge in [0.1, 0.15) is 23.4 Å². The molecule has 7 nitrogen and oxygen atoms in total. The fourth-order valence-corrected chi connectivity index (χ4v) is 3.79. The average molecular weight is 404 g/mol. The van der Waals surface area contributed by atoms with E-state index in [0.717, 1.165) is 12.1 Å². The summed E-state index contributed by atoms with van der Waals surface area (Å²) in [4.78, 5) is 11.4. The minimum Gasteiger partial charge on any atom is -0.772 e. The van der Waals surface area contributed by atoms with Gasteiger partial charge in [-0.2, -0.15) is 5.26 Å². The number of fused-ring (bicyclic) bond motifs is 1. The molecule has 0 saturated carbocycles. The van der Waals surface area contributed by atoms with Crippen LogP contribution in [0.15, 0.2) is 30.3 Å². The SMILES string of the molecule is CC(=O)O[C@@H]1CC(O)c2c(Oc3cc(F)cc(C#N)c3)ccc(CS(=O)[O-])c21. The summed E-state index contributed by atoms with van der Waals surface area (Å²) in [5.41, 5.74) is 1.07. The zero-order valence-corrected chi connectivity index (χ0v) is 15.5. The van der Waals surface area contributed by atoms with Crippen molar-refractivity contribution in [1.82, 2.24) is 0 Å². The van der Waals surface area contributed by atoms with Crippen LogP contribution >= 0.6 is 0 Å². The van der Waals surface area contributed by atoms with Crippen LogP contribution in [0, 0.1) is 17.1 Å². The molecule has 0 bridgehead atoms. The lowest BCUT2D eigenvalue weighted by Crippen LogP contribution is -2.09. The maximum absolute atomic E-state index is 13.7. The number of aliphatic hydroxyl groups is 1. The Morgan fingerprint density at radius 3 is 2.79 bits per heavy atom. The molecular weight excluding hydrogens is 389 g/mol. The highest BCUT2D eigenvalue weighted by atomic mass is 32.2. The molecule has 9 heteroatoms. The topological polar surface area (TPSA) is 120 Å². The van der Waals surface area contributed by atoms with Gasteiger partial charge in [-0.25, -0.2) is 4.39 Å². The van der Waals surface area contributed by atoms with E-state index in [1.54, 1.807) is 0 Å². The molecular formula is C19H15FNO6S-. The van der Waals surface area contributed by atoms with Crippen LogP contribution < -0.4 is 4.74 Å². The zero-order chi connectivity index (χ0) is 20.4. The molecule has 1 aliphatic carbocycles. The number of nitriles is 1. The van der Waals surface area contributed by atoms with Crippen molar-refractivity contribution in [2.45, 2.75) is 31.3 Å². The summed E-state index contributed by atoms with van der Waals surface area (Å²) in [7, 11) is 0. The van der Waals surface area contributed by atoms with Gasteiger partial charge in [-0.3, -0.25) is 9.00 Å². The Kier molecular flexibility index (Phi) is 5.74. The molecule has 3 atom stereocenters. The quantitative estimate of drug-likeness (QED) is 0.601. The van der Waals surface area contributed by atoms with Crippen LogP contribution in [0.5, 0.6) is 11.5 Å². The minimum atomic E-state index is -2.40. The number of nitrogens with zero attached hydrogens (tertiary/aromatic N) is 1. The molecule has 3 rings (SSSR count). The van der Waals surface area contributed by atoms with Gasteiger partial charge < -0.3 is 19.1 Å². The Bertz CT molecular complexity index is 1000. The summed E-state index contributed by atoms with van der Waals surface area (Å²) < 4.78 is 47.0. The van der Waals surface area contributed by atoms with E-state index in [-0.39, 0.29) is 34.8 Å². The molecule has 0 fully saturated rings. The predicted octanol–water partition coefficient (Wildman–Crippen LogP) is 2.91. The highest BCUT2D eigenvalue weighted by molar-refractivity contribution is 7.78. The first-order valence-electron chi connectivity index (χ1n) is 8.24. The van der Waals surface area contributed by atoms with E-state index >= 15 is 0 Å². The van der Waals surface area contributed by atoms with Gasteiger partial charge in [0.05, 0.1) is 17.7 Å². The Morgan fingerprint density at radius 1 is 1.39 bits per heavy atom. The number of hydrogen-bond donors (Lipinski definition) is 1. The van der Waals surface area contributed by atoms with Crippen LogP contribution in [0.25, 0.3) is 0 Å². The zero-order valence-electron chi connectivity index (χ0n) is 14.7. The number of halogens is 1. The van der Waals surface area contributed by atoms with E-state index in [1.807, 2.05) is 6.07 Å². The third-order valence-electron chi connectivity index (χ3n) is 4.24. The predicted molar refractivity (Wildman–Crippen MR) is 94.3 cm³/mol. The number of rotatable bonds is 5. The minimum absolute atomic E-state index is 0.0420. The van der Waals surface area contributed by atoms with E-state index < -0.39 is 35.1 Å². The second-order valence-corrected chi connectivity index (χ2v) is 7.13. The lowest BCUT2D eigenvalue weighted by atomic mass is 10.0. The molecule has 0 spiro atoms. The van der Waals surface area contributed by atoms with Gasteiger partial charge in [-0.1, -0.05) is 17.1 Å². The summed E-state index contributed by atoms with van der Waals surface area (Å²) in [5.74, 6) is -1.36. The van der Waals surface area contributed by atoms with E-state index in [2.05, 4.69) is 0 Å². The largest absolute Gasteiger partial charge is 0.772 e. The molecule has 0 amide bonds. The lowest BCUT2D eigenvalue weighted by molar-refractivity contribution is -0.147. The van der Waals surface area contributed by atoms with Crippen LogP contribution in [-0.4, -0.2) is 19.8 Å². The first-order chi connectivity index (χ1) is 13.3. The molecule has 0 heterocycles. The van der Waals surface area contributed by atoms with Crippen molar-refractivity contribution in [1.29, 1.82) is 5.26 Å². The number of carbonyl (C=O) groups is 1. The molecule has 2 aromatic carbocycles. The summed E-state index contributed by atoms with van der Waals surface area (Å²) in [5, 5.41) is 19.5. The molecule has 146 valence electrons. The molecule has 1 aliphatic rings. The van der Waals surface area contributed by atoms with Gasteiger partial charge >= 0.3 is 5.97 Å². The number of hydrogen-bond acceptors (Lipinski definition) is 7. The van der Waals surface area contributed by atoms with Crippen molar-refractivity contribution in [2.75, 3.05) is 0 Å². The van der Waals surface area contributed by atoms with E-state index in [0.29, 0.717) is 11.1 Å². The number of carbonyl (C=O) groups excluding carboxylic acids is 1. The van der Waals surface area contributed by atoms with Gasteiger partial charge in [-0.05, 0) is 23.8 Å². The maximum Gasteiger partial charge on any atom is 0.303 e. The molecule has 28 heavy (non-hydrogen) atoms. The molecule has 2 aromatic rings. The number of benzene rings is 2. The summed E-state index contributed by atoms with van der Waals surface area (Å²) in [6.45, 7) is 1.21. The number of esters is 1. The monoisotopic (exact) mass is 404 g/mol. The Hall–Kier alpha value is -2.80. The van der Waals surface area contributed by atoms with Gasteiger partial charge in [0.25, 0.3) is 0 Å². The van der Waals surface area contributed by atoms with Crippen molar-refractivity contribution >= 4 is 17.0 Å². The van der Waals surface area contributed by atoms with Crippen LogP contribution in [0.4, 0.5) is 4.39 Å². The second kappa shape index (κ2) is 8.06. The Balaban J connectivity index is 2.08. The fourth-order valence-electron chi connectivity index (χ4n) is 3.29. The molecule has 0 saturated heterocycles. The highest BCUT2D eigenvalue weighted by Gasteiger charge is 2.37. The van der Waals surface area contributed by atoms with E-state index in [1.165, 1.54) is 25.1 Å². The average Bonchev–Trinajstić information content (AvgIpc) is 2.92. The van der Waals surface area contributed by atoms with Crippen LogP contribution in [0.3, 0.4) is 0 Å². The second-order valence-electron chi connectivity index (χ2n) is 6.24. The van der Waals surface area contributed by atoms with Crippen LogP contribution in [-0.2, 0) is 26.4 Å². The third kappa shape index (κ3) is 4.20. The summed E-state index contributed by atoms with van der Waals surface area (Å²) in [6, 6.07) is 8.23.